The van der Waals surface area contributed by atoms with Crippen molar-refractivity contribution in [3.63, 3.8) is 0 Å². The van der Waals surface area contributed by atoms with Crippen molar-refractivity contribution in [1.82, 2.24) is 24.9 Å². The molecule has 0 aliphatic rings. The molecule has 0 unspecified atom stereocenters. The van der Waals surface area contributed by atoms with Crippen molar-refractivity contribution in [1.29, 1.82) is 0 Å². The second-order valence-corrected chi connectivity index (χ2v) is 5.85. The molecule has 0 amide bonds. The van der Waals surface area contributed by atoms with Crippen LogP contribution in [0.25, 0.3) is 22.6 Å². The van der Waals surface area contributed by atoms with Crippen LogP contribution in [0.4, 0.5) is 11.8 Å². The van der Waals surface area contributed by atoms with Gasteiger partial charge < -0.3 is 15.6 Å². The number of benzene rings is 1. The lowest BCUT2D eigenvalue weighted by Crippen LogP contribution is -2.15. The zero-order valence-electron chi connectivity index (χ0n) is 14.6. The monoisotopic (exact) mass is 357 g/mol. The van der Waals surface area contributed by atoms with Crippen molar-refractivity contribution in [2.24, 2.45) is 0 Å². The van der Waals surface area contributed by atoms with Crippen molar-refractivity contribution < 1.29 is 0 Å². The lowest BCUT2D eigenvalue weighted by Gasteiger charge is -2.08. The Labute approximate surface area is 157 Å². The molecule has 27 heavy (non-hydrogen) atoms. The van der Waals surface area contributed by atoms with E-state index in [0.717, 1.165) is 35.0 Å². The Hall–Kier alpha value is -3.74. The number of H-pyrrole nitrogens is 1. The number of hydrogen-bond donors (Lipinski definition) is 3. The largest absolute Gasteiger partial charge is 0.368 e. The smallest absolute Gasteiger partial charge is 0.223 e. The zero-order chi connectivity index (χ0) is 18.3. The van der Waals surface area contributed by atoms with Gasteiger partial charge in [0, 0.05) is 49.0 Å². The van der Waals surface area contributed by atoms with E-state index < -0.39 is 0 Å². The van der Waals surface area contributed by atoms with Crippen LogP contribution in [0.5, 0.6) is 0 Å². The van der Waals surface area contributed by atoms with Gasteiger partial charge in [-0.2, -0.15) is 0 Å². The van der Waals surface area contributed by atoms with E-state index in [-0.39, 0.29) is 0 Å². The molecule has 0 radical (unpaired) electrons. The lowest BCUT2D eigenvalue weighted by atomic mass is 10.1. The Morgan fingerprint density at radius 3 is 2.37 bits per heavy atom. The van der Waals surface area contributed by atoms with Gasteiger partial charge in [0.25, 0.3) is 0 Å². The van der Waals surface area contributed by atoms with Crippen LogP contribution >= 0.6 is 0 Å². The molecule has 3 aromatic heterocycles. The van der Waals surface area contributed by atoms with Gasteiger partial charge in [-0.3, -0.25) is 0 Å². The average molecular weight is 357 g/mol. The van der Waals surface area contributed by atoms with Crippen molar-refractivity contribution in [2.45, 2.75) is 0 Å². The Kier molecular flexibility index (Phi) is 5.01. The van der Waals surface area contributed by atoms with Gasteiger partial charge in [-0.05, 0) is 18.2 Å². The van der Waals surface area contributed by atoms with Crippen molar-refractivity contribution in [3.8, 4) is 22.6 Å². The number of anilines is 2. The summed E-state index contributed by atoms with van der Waals surface area (Å²) in [5, 5.41) is 6.47. The van der Waals surface area contributed by atoms with Gasteiger partial charge in [0.05, 0.1) is 5.69 Å². The number of nitrogens with zero attached hydrogens (tertiary/aromatic N) is 4. The third kappa shape index (κ3) is 4.27. The highest BCUT2D eigenvalue weighted by Gasteiger charge is 2.04. The van der Waals surface area contributed by atoms with Crippen molar-refractivity contribution in [3.05, 3.63) is 73.3 Å². The maximum atomic E-state index is 4.59. The number of hydrogen-bond acceptors (Lipinski definition) is 6. The van der Waals surface area contributed by atoms with Crippen LogP contribution in [0.2, 0.25) is 0 Å². The van der Waals surface area contributed by atoms with Gasteiger partial charge in [-0.1, -0.05) is 30.3 Å². The molecule has 3 N–H and O–H groups in total. The van der Waals surface area contributed by atoms with Crippen molar-refractivity contribution >= 4 is 11.8 Å². The third-order valence-corrected chi connectivity index (χ3v) is 3.99. The van der Waals surface area contributed by atoms with E-state index >= 15 is 0 Å². The van der Waals surface area contributed by atoms with E-state index in [9.17, 15) is 0 Å². The normalized spacial score (nSPS) is 10.5. The van der Waals surface area contributed by atoms with Crippen LogP contribution in [-0.2, 0) is 0 Å². The topological polar surface area (TPSA) is 91.4 Å². The summed E-state index contributed by atoms with van der Waals surface area (Å²) in [6, 6.07) is 15.8. The molecular weight excluding hydrogens is 338 g/mol. The predicted octanol–water partition coefficient (Wildman–Crippen LogP) is 3.45. The number of imidazole rings is 1. The Bertz CT molecular complexity index is 967. The molecule has 7 nitrogen and oxygen atoms in total. The first kappa shape index (κ1) is 16.7. The molecule has 4 aromatic rings. The first-order chi connectivity index (χ1) is 13.4. The molecule has 0 aliphatic heterocycles. The molecule has 1 aromatic carbocycles. The fraction of sp³-hybridized carbons (Fsp3) is 0.100. The summed E-state index contributed by atoms with van der Waals surface area (Å²) in [7, 11) is 0. The highest BCUT2D eigenvalue weighted by atomic mass is 15.1. The van der Waals surface area contributed by atoms with Crippen LogP contribution in [0.3, 0.4) is 0 Å². The van der Waals surface area contributed by atoms with E-state index in [1.807, 2.05) is 54.7 Å². The van der Waals surface area contributed by atoms with Crippen molar-refractivity contribution in [2.75, 3.05) is 23.7 Å². The predicted molar refractivity (Wildman–Crippen MR) is 106 cm³/mol. The van der Waals surface area contributed by atoms with Gasteiger partial charge in [-0.25, -0.2) is 19.9 Å². The van der Waals surface area contributed by atoms with Gasteiger partial charge in [0.1, 0.15) is 11.6 Å². The fourth-order valence-corrected chi connectivity index (χ4v) is 2.66. The number of rotatable bonds is 7. The summed E-state index contributed by atoms with van der Waals surface area (Å²) in [5.41, 5.74) is 2.94. The standard InChI is InChI=1S/C20H19N7/c1-2-9-21-18(3-1)22-11-14-26-20-25-10-8-17(27-20)15-4-6-16(7-5-15)19-23-12-13-24-19/h1-10,12-13H,11,14H2,(H,21,22)(H,23,24)(H,25,26,27). The Balaban J connectivity index is 1.37. The number of aromatic nitrogens is 5. The highest BCUT2D eigenvalue weighted by Crippen LogP contribution is 2.22. The first-order valence-corrected chi connectivity index (χ1v) is 8.70. The molecule has 134 valence electrons. The molecule has 0 fully saturated rings. The number of aromatic amines is 1. The third-order valence-electron chi connectivity index (χ3n) is 3.99. The molecule has 0 saturated heterocycles. The quantitative estimate of drug-likeness (QED) is 0.439. The van der Waals surface area contributed by atoms with Gasteiger partial charge in [-0.15, -0.1) is 0 Å². The average Bonchev–Trinajstić information content (AvgIpc) is 3.27. The summed E-state index contributed by atoms with van der Waals surface area (Å²) in [4.78, 5) is 20.5. The van der Waals surface area contributed by atoms with Crippen LogP contribution in [0.1, 0.15) is 0 Å². The second-order valence-electron chi connectivity index (χ2n) is 5.85. The minimum Gasteiger partial charge on any atom is -0.368 e. The zero-order valence-corrected chi connectivity index (χ0v) is 14.6. The summed E-state index contributed by atoms with van der Waals surface area (Å²) in [6.07, 6.45) is 7.08. The van der Waals surface area contributed by atoms with Gasteiger partial charge >= 0.3 is 0 Å². The van der Waals surface area contributed by atoms with E-state index in [2.05, 4.69) is 35.6 Å². The van der Waals surface area contributed by atoms with E-state index in [1.54, 1.807) is 18.6 Å². The molecule has 0 atom stereocenters. The van der Waals surface area contributed by atoms with Gasteiger partial charge in [0.15, 0.2) is 0 Å². The van der Waals surface area contributed by atoms with Crippen LogP contribution in [-0.4, -0.2) is 38.0 Å². The summed E-state index contributed by atoms with van der Waals surface area (Å²) in [5.74, 6) is 2.31. The maximum absolute atomic E-state index is 4.59. The first-order valence-electron chi connectivity index (χ1n) is 8.70. The Morgan fingerprint density at radius 1 is 0.741 bits per heavy atom. The highest BCUT2D eigenvalue weighted by molar-refractivity contribution is 5.65. The molecular formula is C20H19N7. The molecule has 0 aliphatic carbocycles. The van der Waals surface area contributed by atoms with Crippen LogP contribution < -0.4 is 10.6 Å². The maximum Gasteiger partial charge on any atom is 0.223 e. The van der Waals surface area contributed by atoms with E-state index in [4.69, 9.17) is 0 Å². The number of nitrogens with one attached hydrogen (secondary N) is 3. The summed E-state index contributed by atoms with van der Waals surface area (Å²) < 4.78 is 0. The summed E-state index contributed by atoms with van der Waals surface area (Å²) >= 11 is 0. The van der Waals surface area contributed by atoms with E-state index in [0.29, 0.717) is 12.5 Å². The molecule has 7 heteroatoms. The minimum atomic E-state index is 0.602. The fourth-order valence-electron chi connectivity index (χ4n) is 2.66. The van der Waals surface area contributed by atoms with E-state index in [1.165, 1.54) is 0 Å². The molecule has 3 heterocycles. The van der Waals surface area contributed by atoms with Gasteiger partial charge in [0.2, 0.25) is 5.95 Å². The molecule has 0 spiro atoms. The van der Waals surface area contributed by atoms with Crippen LogP contribution in [0, 0.1) is 0 Å². The molecule has 0 saturated carbocycles. The Morgan fingerprint density at radius 2 is 1.59 bits per heavy atom. The molecule has 0 bridgehead atoms. The minimum absolute atomic E-state index is 0.602. The molecule has 4 rings (SSSR count). The summed E-state index contributed by atoms with van der Waals surface area (Å²) in [6.45, 7) is 1.42. The van der Waals surface area contributed by atoms with Crippen LogP contribution in [0.15, 0.2) is 73.3 Å². The second kappa shape index (κ2) is 8.09. The lowest BCUT2D eigenvalue weighted by molar-refractivity contribution is 1.02. The number of pyridine rings is 1. The SMILES string of the molecule is c1ccc(NCCNc2nccc(-c3ccc(-c4ncc[nH]4)cc3)n2)nc1.